The molecule has 0 radical (unpaired) electrons. The van der Waals surface area contributed by atoms with Gasteiger partial charge in [-0.2, -0.15) is 0 Å². The molecule has 0 atom stereocenters. The highest BCUT2D eigenvalue weighted by Crippen LogP contribution is 2.27. The van der Waals surface area contributed by atoms with E-state index in [9.17, 15) is 0 Å². The minimum Gasteiger partial charge on any atom is -0.487 e. The first-order valence-corrected chi connectivity index (χ1v) is 9.12. The number of hydrogen-bond donors (Lipinski definition) is 0. The second-order valence-corrected chi connectivity index (χ2v) is 6.78. The van der Waals surface area contributed by atoms with E-state index in [0.29, 0.717) is 6.61 Å². The second kappa shape index (κ2) is 7.14. The van der Waals surface area contributed by atoms with Crippen LogP contribution in [0.3, 0.4) is 0 Å². The van der Waals surface area contributed by atoms with Gasteiger partial charge in [0.05, 0.1) is 5.69 Å². The molecule has 0 amide bonds. The molecule has 3 aromatic rings. The zero-order valence-corrected chi connectivity index (χ0v) is 14.7. The summed E-state index contributed by atoms with van der Waals surface area (Å²) in [5.41, 5.74) is 3.54. The predicted octanol–water partition coefficient (Wildman–Crippen LogP) is 5.11. The number of benzene rings is 2. The molecule has 0 N–H and O–H groups in total. The van der Waals surface area contributed by atoms with Gasteiger partial charge in [0.1, 0.15) is 12.4 Å². The summed E-state index contributed by atoms with van der Waals surface area (Å²) in [5.74, 6) is 0.917. The number of fused-ring (bicyclic) bond motifs is 1. The Kier molecular flexibility index (Phi) is 4.55. The quantitative estimate of drug-likeness (QED) is 0.663. The van der Waals surface area contributed by atoms with Crippen molar-refractivity contribution in [1.82, 2.24) is 4.98 Å². The first-order valence-electron chi connectivity index (χ1n) is 9.12. The molecule has 1 aliphatic rings. The Labute approximate surface area is 149 Å². The summed E-state index contributed by atoms with van der Waals surface area (Å²) < 4.78 is 6.11. The summed E-state index contributed by atoms with van der Waals surface area (Å²) in [6, 6.07) is 16.7. The van der Waals surface area contributed by atoms with Gasteiger partial charge < -0.3 is 9.64 Å². The minimum atomic E-state index is 0.495. The van der Waals surface area contributed by atoms with Gasteiger partial charge in [0.25, 0.3) is 0 Å². The first-order chi connectivity index (χ1) is 12.3. The lowest BCUT2D eigenvalue weighted by atomic mass is 10.1. The fourth-order valence-electron chi connectivity index (χ4n) is 3.58. The lowest BCUT2D eigenvalue weighted by molar-refractivity contribution is 0.305. The summed E-state index contributed by atoms with van der Waals surface area (Å²) in [7, 11) is 0. The Bertz CT molecular complexity index is 864. The maximum atomic E-state index is 6.11. The molecule has 1 aromatic heterocycles. The summed E-state index contributed by atoms with van der Waals surface area (Å²) in [6.45, 7) is 4.93. The van der Waals surface area contributed by atoms with Crippen LogP contribution in [0.1, 0.15) is 30.5 Å². The molecule has 4 rings (SSSR count). The van der Waals surface area contributed by atoms with E-state index < -0.39 is 0 Å². The highest BCUT2D eigenvalue weighted by atomic mass is 16.5. The number of ether oxygens (including phenoxy) is 1. The highest BCUT2D eigenvalue weighted by Gasteiger charge is 2.14. The summed E-state index contributed by atoms with van der Waals surface area (Å²) in [4.78, 5) is 7.07. The van der Waals surface area contributed by atoms with Gasteiger partial charge >= 0.3 is 0 Å². The average molecular weight is 332 g/mol. The number of hydrogen-bond acceptors (Lipinski definition) is 3. The zero-order valence-electron chi connectivity index (χ0n) is 14.7. The van der Waals surface area contributed by atoms with Gasteiger partial charge in [-0.15, -0.1) is 0 Å². The molecule has 0 aliphatic carbocycles. The fraction of sp³-hybridized carbons (Fsp3) is 0.318. The summed E-state index contributed by atoms with van der Waals surface area (Å²) in [6.07, 6.45) is 5.89. The molecule has 3 heteroatoms. The monoisotopic (exact) mass is 332 g/mol. The van der Waals surface area contributed by atoms with Crippen molar-refractivity contribution in [2.24, 2.45) is 0 Å². The summed E-state index contributed by atoms with van der Waals surface area (Å²) >= 11 is 0. The molecule has 1 aliphatic heterocycles. The van der Waals surface area contributed by atoms with E-state index >= 15 is 0 Å². The van der Waals surface area contributed by atoms with Gasteiger partial charge in [-0.05, 0) is 49.3 Å². The van der Waals surface area contributed by atoms with E-state index in [2.05, 4.69) is 47.1 Å². The van der Waals surface area contributed by atoms with Gasteiger partial charge in [0.15, 0.2) is 0 Å². The molecule has 1 fully saturated rings. The number of pyridine rings is 1. The lowest BCUT2D eigenvalue weighted by Crippen LogP contribution is -2.30. The molecule has 0 saturated carbocycles. The maximum Gasteiger partial charge on any atom is 0.130 e. The van der Waals surface area contributed by atoms with E-state index in [-0.39, 0.29) is 0 Å². The average Bonchev–Trinajstić information content (AvgIpc) is 2.68. The van der Waals surface area contributed by atoms with E-state index in [1.54, 1.807) is 0 Å². The maximum absolute atomic E-state index is 6.11. The number of nitrogens with zero attached hydrogens (tertiary/aromatic N) is 2. The minimum absolute atomic E-state index is 0.495. The van der Waals surface area contributed by atoms with E-state index in [4.69, 9.17) is 4.74 Å². The van der Waals surface area contributed by atoms with Crippen LogP contribution in [0, 0.1) is 6.92 Å². The van der Waals surface area contributed by atoms with Crippen LogP contribution >= 0.6 is 0 Å². The topological polar surface area (TPSA) is 25.4 Å². The van der Waals surface area contributed by atoms with Gasteiger partial charge in [-0.1, -0.05) is 36.4 Å². The number of aryl methyl sites for hydroxylation is 1. The third-order valence-corrected chi connectivity index (χ3v) is 4.95. The largest absolute Gasteiger partial charge is 0.487 e. The van der Waals surface area contributed by atoms with Crippen LogP contribution in [0.4, 0.5) is 5.69 Å². The normalized spacial score (nSPS) is 14.7. The highest BCUT2D eigenvalue weighted by molar-refractivity contribution is 5.88. The molecule has 0 unspecified atom stereocenters. The smallest absolute Gasteiger partial charge is 0.130 e. The third kappa shape index (κ3) is 3.46. The number of piperidine rings is 1. The van der Waals surface area contributed by atoms with Crippen LogP contribution in [0.25, 0.3) is 10.8 Å². The molecule has 128 valence electrons. The van der Waals surface area contributed by atoms with Crippen molar-refractivity contribution >= 4 is 16.5 Å². The van der Waals surface area contributed by atoms with Crippen LogP contribution in [0.2, 0.25) is 0 Å². The number of aromatic nitrogens is 1. The van der Waals surface area contributed by atoms with Crippen molar-refractivity contribution in [1.29, 1.82) is 0 Å². The van der Waals surface area contributed by atoms with Crippen LogP contribution < -0.4 is 9.64 Å². The van der Waals surface area contributed by atoms with E-state index in [1.165, 1.54) is 35.9 Å². The van der Waals surface area contributed by atoms with Crippen molar-refractivity contribution in [2.75, 3.05) is 18.0 Å². The van der Waals surface area contributed by atoms with E-state index in [0.717, 1.165) is 29.9 Å². The van der Waals surface area contributed by atoms with Crippen molar-refractivity contribution in [3.8, 4) is 5.75 Å². The molecule has 1 saturated heterocycles. The fourth-order valence-corrected chi connectivity index (χ4v) is 3.58. The Morgan fingerprint density at radius 2 is 1.80 bits per heavy atom. The molecular formula is C22H24N2O. The van der Waals surface area contributed by atoms with Crippen molar-refractivity contribution in [3.63, 3.8) is 0 Å². The van der Waals surface area contributed by atoms with Crippen molar-refractivity contribution < 1.29 is 4.74 Å². The second-order valence-electron chi connectivity index (χ2n) is 6.78. The Morgan fingerprint density at radius 3 is 2.68 bits per heavy atom. The third-order valence-electron chi connectivity index (χ3n) is 4.95. The van der Waals surface area contributed by atoms with Crippen molar-refractivity contribution in [3.05, 3.63) is 66.0 Å². The van der Waals surface area contributed by atoms with Gasteiger partial charge in [-0.25, -0.2) is 0 Å². The lowest BCUT2D eigenvalue weighted by Gasteiger charge is -2.30. The molecular weight excluding hydrogens is 308 g/mol. The van der Waals surface area contributed by atoms with E-state index in [1.807, 2.05) is 24.4 Å². The van der Waals surface area contributed by atoms with Gasteiger partial charge in [0, 0.05) is 30.4 Å². The molecule has 25 heavy (non-hydrogen) atoms. The predicted molar refractivity (Wildman–Crippen MR) is 103 cm³/mol. The van der Waals surface area contributed by atoms with Crippen molar-refractivity contribution in [2.45, 2.75) is 32.8 Å². The number of rotatable bonds is 4. The molecule has 2 heterocycles. The molecule has 3 nitrogen and oxygen atoms in total. The molecule has 0 spiro atoms. The standard InChI is InChI=1S/C22H24N2O/c1-17-15-23-19(14-21(17)24-12-5-2-6-13-24)16-25-22-11-7-9-18-8-3-4-10-20(18)22/h3-4,7-11,14-15H,2,5-6,12-13,16H2,1H3. The Morgan fingerprint density at radius 1 is 1.00 bits per heavy atom. The zero-order chi connectivity index (χ0) is 17.1. The first kappa shape index (κ1) is 15.9. The molecule has 2 aromatic carbocycles. The Balaban J connectivity index is 1.54. The summed E-state index contributed by atoms with van der Waals surface area (Å²) in [5, 5.41) is 2.35. The van der Waals surface area contributed by atoms with Gasteiger partial charge in [-0.3, -0.25) is 4.98 Å². The van der Waals surface area contributed by atoms with Crippen LogP contribution in [-0.2, 0) is 6.61 Å². The van der Waals surface area contributed by atoms with Crippen LogP contribution in [-0.4, -0.2) is 18.1 Å². The van der Waals surface area contributed by atoms with Gasteiger partial charge in [0.2, 0.25) is 0 Å². The Hall–Kier alpha value is -2.55. The van der Waals surface area contributed by atoms with Crippen LogP contribution in [0.5, 0.6) is 5.75 Å². The molecule has 0 bridgehead atoms. The SMILES string of the molecule is Cc1cnc(COc2cccc3ccccc23)cc1N1CCCCC1. The van der Waals surface area contributed by atoms with Crippen LogP contribution in [0.15, 0.2) is 54.7 Å². The number of anilines is 1.